The van der Waals surface area contributed by atoms with Gasteiger partial charge < -0.3 is 9.64 Å². The summed E-state index contributed by atoms with van der Waals surface area (Å²) < 4.78 is 8.99. The molecule has 0 radical (unpaired) electrons. The number of amides is 1. The Morgan fingerprint density at radius 2 is 1.67 bits per heavy atom. The Morgan fingerprint density at radius 3 is 2.33 bits per heavy atom. The van der Waals surface area contributed by atoms with E-state index in [1.807, 2.05) is 50.7 Å². The number of carbonyl (C=O) groups is 1. The zero-order valence-electron chi connectivity index (χ0n) is 21.4. The SMILES string of the molecule is COCCn1c(=O)n(C2CCN(C(=O)C3CCN(C(C)c4ccncc4)CC3)CC2)c2ccccc21. The summed E-state index contributed by atoms with van der Waals surface area (Å²) in [5.74, 6) is 0.389. The fourth-order valence-corrected chi connectivity index (χ4v) is 5.97. The summed E-state index contributed by atoms with van der Waals surface area (Å²) in [6.07, 6.45) is 7.11. The first-order valence-corrected chi connectivity index (χ1v) is 13.2. The molecule has 192 valence electrons. The quantitative estimate of drug-likeness (QED) is 0.506. The third-order valence-electron chi connectivity index (χ3n) is 8.14. The Bertz CT molecular complexity index is 1220. The number of benzene rings is 1. The second-order valence-electron chi connectivity index (χ2n) is 10.1. The van der Waals surface area contributed by atoms with Crippen molar-refractivity contribution in [3.8, 4) is 0 Å². The molecule has 1 atom stereocenters. The van der Waals surface area contributed by atoms with E-state index in [1.165, 1.54) is 5.56 Å². The van der Waals surface area contributed by atoms with Crippen molar-refractivity contribution >= 4 is 16.9 Å². The molecule has 4 heterocycles. The molecule has 1 amide bonds. The van der Waals surface area contributed by atoms with Gasteiger partial charge in [-0.3, -0.25) is 23.8 Å². The third kappa shape index (κ3) is 4.84. The molecule has 36 heavy (non-hydrogen) atoms. The molecule has 1 unspecified atom stereocenters. The summed E-state index contributed by atoms with van der Waals surface area (Å²) in [6, 6.07) is 12.6. The average Bonchev–Trinajstić information content (AvgIpc) is 3.22. The van der Waals surface area contributed by atoms with E-state index in [-0.39, 0.29) is 17.6 Å². The van der Waals surface area contributed by atoms with Gasteiger partial charge in [-0.25, -0.2) is 4.79 Å². The van der Waals surface area contributed by atoms with E-state index in [0.29, 0.717) is 38.2 Å². The minimum absolute atomic E-state index is 0.0220. The summed E-state index contributed by atoms with van der Waals surface area (Å²) >= 11 is 0. The molecule has 0 aliphatic carbocycles. The van der Waals surface area contributed by atoms with Gasteiger partial charge in [0, 0.05) is 50.6 Å². The number of aromatic nitrogens is 3. The number of fused-ring (bicyclic) bond motifs is 1. The first kappa shape index (κ1) is 24.7. The molecule has 8 nitrogen and oxygen atoms in total. The number of hydrogen-bond acceptors (Lipinski definition) is 5. The highest BCUT2D eigenvalue weighted by Gasteiger charge is 2.33. The maximum atomic E-state index is 13.4. The number of likely N-dealkylation sites (tertiary alicyclic amines) is 2. The highest BCUT2D eigenvalue weighted by molar-refractivity contribution is 5.79. The van der Waals surface area contributed by atoms with Crippen LogP contribution in [-0.4, -0.2) is 69.7 Å². The molecule has 2 aromatic heterocycles. The summed E-state index contributed by atoms with van der Waals surface area (Å²) in [4.78, 5) is 35.3. The van der Waals surface area contributed by atoms with Gasteiger partial charge in [0.15, 0.2) is 0 Å². The van der Waals surface area contributed by atoms with Gasteiger partial charge in [0.2, 0.25) is 5.91 Å². The highest BCUT2D eigenvalue weighted by Crippen LogP contribution is 2.30. The predicted octanol–water partition coefficient (Wildman–Crippen LogP) is 3.48. The number of carbonyl (C=O) groups excluding carboxylic acids is 1. The smallest absolute Gasteiger partial charge is 0.329 e. The van der Waals surface area contributed by atoms with E-state index in [2.05, 4.69) is 28.9 Å². The fraction of sp³-hybridized carbons (Fsp3) is 0.536. The molecule has 3 aromatic rings. The summed E-state index contributed by atoms with van der Waals surface area (Å²) in [6.45, 7) is 6.57. The van der Waals surface area contributed by atoms with Crippen LogP contribution in [0.15, 0.2) is 53.6 Å². The van der Waals surface area contributed by atoms with Crippen molar-refractivity contribution in [2.45, 2.75) is 51.2 Å². The Morgan fingerprint density at radius 1 is 1.00 bits per heavy atom. The van der Waals surface area contributed by atoms with Crippen molar-refractivity contribution in [2.24, 2.45) is 5.92 Å². The maximum Gasteiger partial charge on any atom is 0.329 e. The van der Waals surface area contributed by atoms with Crippen molar-refractivity contribution in [3.63, 3.8) is 0 Å². The molecule has 2 saturated heterocycles. The van der Waals surface area contributed by atoms with Crippen LogP contribution in [-0.2, 0) is 16.1 Å². The number of rotatable bonds is 7. The summed E-state index contributed by atoms with van der Waals surface area (Å²) in [5.41, 5.74) is 3.22. The van der Waals surface area contributed by atoms with Crippen molar-refractivity contribution in [1.29, 1.82) is 0 Å². The summed E-state index contributed by atoms with van der Waals surface area (Å²) in [7, 11) is 1.66. The fourth-order valence-electron chi connectivity index (χ4n) is 5.97. The maximum absolute atomic E-state index is 13.4. The number of nitrogens with zero attached hydrogens (tertiary/aromatic N) is 5. The van der Waals surface area contributed by atoms with Crippen LogP contribution in [0, 0.1) is 5.92 Å². The summed E-state index contributed by atoms with van der Waals surface area (Å²) in [5, 5.41) is 0. The van der Waals surface area contributed by atoms with Crippen LogP contribution < -0.4 is 5.69 Å². The van der Waals surface area contributed by atoms with E-state index < -0.39 is 0 Å². The molecular formula is C28H37N5O3. The monoisotopic (exact) mass is 491 g/mol. The van der Waals surface area contributed by atoms with Gasteiger partial charge in [0.1, 0.15) is 0 Å². The largest absolute Gasteiger partial charge is 0.383 e. The number of ether oxygens (including phenoxy) is 1. The molecule has 0 bridgehead atoms. The van der Waals surface area contributed by atoms with Gasteiger partial charge in [-0.05, 0) is 75.5 Å². The van der Waals surface area contributed by atoms with Gasteiger partial charge in [-0.1, -0.05) is 12.1 Å². The van der Waals surface area contributed by atoms with E-state index in [0.717, 1.165) is 49.8 Å². The van der Waals surface area contributed by atoms with E-state index in [9.17, 15) is 9.59 Å². The number of pyridine rings is 1. The van der Waals surface area contributed by atoms with Crippen LogP contribution >= 0.6 is 0 Å². The highest BCUT2D eigenvalue weighted by atomic mass is 16.5. The molecule has 0 spiro atoms. The third-order valence-corrected chi connectivity index (χ3v) is 8.14. The predicted molar refractivity (Wildman–Crippen MR) is 140 cm³/mol. The van der Waals surface area contributed by atoms with Crippen LogP contribution in [0.25, 0.3) is 11.0 Å². The minimum atomic E-state index is 0.0220. The Labute approximate surface area is 212 Å². The lowest BCUT2D eigenvalue weighted by Crippen LogP contribution is -2.46. The number of para-hydroxylation sites is 2. The van der Waals surface area contributed by atoms with Gasteiger partial charge in [-0.15, -0.1) is 0 Å². The van der Waals surface area contributed by atoms with Gasteiger partial charge in [0.05, 0.1) is 24.2 Å². The first-order valence-electron chi connectivity index (χ1n) is 13.2. The van der Waals surface area contributed by atoms with Crippen LogP contribution in [0.1, 0.15) is 50.3 Å². The molecular weight excluding hydrogens is 454 g/mol. The number of hydrogen-bond donors (Lipinski definition) is 0. The minimum Gasteiger partial charge on any atom is -0.383 e. The van der Waals surface area contributed by atoms with Crippen LogP contribution in [0.5, 0.6) is 0 Å². The number of methoxy groups -OCH3 is 1. The Balaban J connectivity index is 1.20. The van der Waals surface area contributed by atoms with Crippen LogP contribution in [0.4, 0.5) is 0 Å². The lowest BCUT2D eigenvalue weighted by atomic mass is 9.92. The van der Waals surface area contributed by atoms with Crippen molar-refractivity contribution < 1.29 is 9.53 Å². The van der Waals surface area contributed by atoms with Crippen molar-refractivity contribution in [1.82, 2.24) is 23.9 Å². The lowest BCUT2D eigenvalue weighted by molar-refractivity contribution is -0.138. The van der Waals surface area contributed by atoms with Gasteiger partial charge in [-0.2, -0.15) is 0 Å². The first-order chi connectivity index (χ1) is 17.6. The van der Waals surface area contributed by atoms with E-state index >= 15 is 0 Å². The average molecular weight is 492 g/mol. The second-order valence-corrected chi connectivity index (χ2v) is 10.1. The molecule has 0 N–H and O–H groups in total. The molecule has 1 aromatic carbocycles. The van der Waals surface area contributed by atoms with Gasteiger partial charge in [0.25, 0.3) is 0 Å². The van der Waals surface area contributed by atoms with Crippen LogP contribution in [0.2, 0.25) is 0 Å². The van der Waals surface area contributed by atoms with Crippen molar-refractivity contribution in [3.05, 3.63) is 64.8 Å². The van der Waals surface area contributed by atoms with E-state index in [1.54, 1.807) is 7.11 Å². The molecule has 2 fully saturated rings. The molecule has 5 rings (SSSR count). The van der Waals surface area contributed by atoms with Gasteiger partial charge >= 0.3 is 5.69 Å². The molecule has 2 aliphatic heterocycles. The Hall–Kier alpha value is -2.97. The topological polar surface area (TPSA) is 72.6 Å². The molecule has 8 heteroatoms. The van der Waals surface area contributed by atoms with Crippen LogP contribution in [0.3, 0.4) is 0 Å². The normalized spacial score (nSPS) is 19.1. The lowest BCUT2D eigenvalue weighted by Gasteiger charge is -2.39. The zero-order chi connectivity index (χ0) is 25.1. The zero-order valence-corrected chi connectivity index (χ0v) is 21.4. The molecule has 2 aliphatic rings. The van der Waals surface area contributed by atoms with Crippen molar-refractivity contribution in [2.75, 3.05) is 39.9 Å². The Kier molecular flexibility index (Phi) is 7.53. The second kappa shape index (κ2) is 11.0. The standard InChI is InChI=1S/C28H37N5O3/c1-21(22-7-13-29-14-8-22)30-15-9-23(10-16-30)27(34)31-17-11-24(12-18-31)33-26-6-4-3-5-25(26)32(28(33)35)19-20-36-2/h3-8,13-14,21,23-24H,9-12,15-20H2,1-2H3. The number of piperidine rings is 2. The van der Waals surface area contributed by atoms with E-state index in [4.69, 9.17) is 4.74 Å². The number of imidazole rings is 1. The molecule has 0 saturated carbocycles.